The fourth-order valence-corrected chi connectivity index (χ4v) is 1.89. The third kappa shape index (κ3) is 3.89. The van der Waals surface area contributed by atoms with E-state index in [1.54, 1.807) is 12.1 Å². The average molecular weight is 270 g/mol. The molecular weight excluding hydrogens is 254 g/mol. The van der Waals surface area contributed by atoms with Gasteiger partial charge in [-0.1, -0.05) is 30.3 Å². The third-order valence-corrected chi connectivity index (χ3v) is 3.00. The second-order valence-electron chi connectivity index (χ2n) is 4.47. The summed E-state index contributed by atoms with van der Waals surface area (Å²) in [6.45, 7) is 0.371. The van der Waals surface area contributed by atoms with Crippen LogP contribution in [0.15, 0.2) is 30.3 Å². The van der Waals surface area contributed by atoms with Crippen LogP contribution in [-0.2, 0) is 11.3 Å². The summed E-state index contributed by atoms with van der Waals surface area (Å²) in [5, 5.41) is 5.03. The highest BCUT2D eigenvalue weighted by Crippen LogP contribution is 2.25. The average Bonchev–Trinajstić information content (AvgIpc) is 2.40. The quantitative estimate of drug-likeness (QED) is 0.882. The highest BCUT2D eigenvalue weighted by Gasteiger charge is 2.42. The number of carbonyl (C=O) groups excluding carboxylic acids is 1. The van der Waals surface area contributed by atoms with E-state index in [4.69, 9.17) is 4.74 Å². The lowest BCUT2D eigenvalue weighted by Crippen LogP contribution is -2.57. The Bertz CT molecular complexity index is 426. The molecule has 1 aromatic carbocycles. The van der Waals surface area contributed by atoms with Crippen LogP contribution in [0, 0.1) is 0 Å². The summed E-state index contributed by atoms with van der Waals surface area (Å²) in [4.78, 5) is 11.5. The van der Waals surface area contributed by atoms with Crippen LogP contribution in [0.25, 0.3) is 0 Å². The number of nitrogens with one attached hydrogen (secondary N) is 2. The van der Waals surface area contributed by atoms with E-state index in [1.807, 2.05) is 18.2 Å². The Hall–Kier alpha value is -1.69. The van der Waals surface area contributed by atoms with Gasteiger partial charge in [0.1, 0.15) is 12.6 Å². The van der Waals surface area contributed by atoms with Gasteiger partial charge in [-0.05, 0) is 5.56 Å². The number of alkyl carbamates (subject to hydrolysis) is 1. The summed E-state index contributed by atoms with van der Waals surface area (Å²) in [5.41, 5.74) is 0.811. The minimum absolute atomic E-state index is 0.0490. The largest absolute Gasteiger partial charge is 0.445 e. The molecule has 2 N–H and O–H groups in total. The molecule has 0 unspecified atom stereocenters. The van der Waals surface area contributed by atoms with Crippen LogP contribution in [0.3, 0.4) is 0 Å². The number of carbonyl (C=O) groups is 1. The predicted molar refractivity (Wildman–Crippen MR) is 66.0 cm³/mol. The maximum atomic E-state index is 13.5. The van der Waals surface area contributed by atoms with Crippen molar-refractivity contribution in [3.8, 4) is 0 Å². The van der Waals surface area contributed by atoms with Gasteiger partial charge < -0.3 is 15.4 Å². The van der Waals surface area contributed by atoms with Gasteiger partial charge in [-0.3, -0.25) is 0 Å². The van der Waals surface area contributed by atoms with Gasteiger partial charge in [0.15, 0.2) is 0 Å². The Morgan fingerprint density at radius 1 is 1.42 bits per heavy atom. The zero-order valence-corrected chi connectivity index (χ0v) is 10.4. The Morgan fingerprint density at radius 2 is 2.16 bits per heavy atom. The molecule has 6 heteroatoms. The van der Waals surface area contributed by atoms with Gasteiger partial charge in [0, 0.05) is 19.5 Å². The molecule has 0 radical (unpaired) electrons. The third-order valence-electron chi connectivity index (χ3n) is 3.00. The number of benzene rings is 1. The van der Waals surface area contributed by atoms with Gasteiger partial charge in [-0.15, -0.1) is 0 Å². The van der Waals surface area contributed by atoms with Crippen molar-refractivity contribution in [3.05, 3.63) is 35.9 Å². The van der Waals surface area contributed by atoms with Gasteiger partial charge in [0.2, 0.25) is 0 Å². The van der Waals surface area contributed by atoms with E-state index in [2.05, 4.69) is 10.6 Å². The van der Waals surface area contributed by atoms with Gasteiger partial charge >= 0.3 is 6.09 Å². The van der Waals surface area contributed by atoms with E-state index in [0.29, 0.717) is 0 Å². The van der Waals surface area contributed by atoms with Crippen molar-refractivity contribution in [2.24, 2.45) is 0 Å². The molecule has 1 aliphatic heterocycles. The molecular formula is C13H16F2N2O2. The van der Waals surface area contributed by atoms with Crippen molar-refractivity contribution in [1.29, 1.82) is 0 Å². The van der Waals surface area contributed by atoms with Crippen molar-refractivity contribution in [1.82, 2.24) is 10.6 Å². The van der Waals surface area contributed by atoms with Crippen LogP contribution < -0.4 is 10.6 Å². The normalized spacial score (nSPS) is 21.7. The van der Waals surface area contributed by atoms with E-state index < -0.39 is 18.1 Å². The smallest absolute Gasteiger partial charge is 0.407 e. The minimum Gasteiger partial charge on any atom is -0.445 e. The Morgan fingerprint density at radius 3 is 2.84 bits per heavy atom. The molecule has 1 amide bonds. The zero-order chi connectivity index (χ0) is 13.7. The second kappa shape index (κ2) is 5.97. The number of hydrogen-bond acceptors (Lipinski definition) is 3. The first-order valence-electron chi connectivity index (χ1n) is 6.14. The first-order chi connectivity index (χ1) is 9.08. The number of amides is 1. The van der Waals surface area contributed by atoms with Crippen molar-refractivity contribution in [3.63, 3.8) is 0 Å². The second-order valence-corrected chi connectivity index (χ2v) is 4.47. The molecule has 1 aliphatic rings. The maximum Gasteiger partial charge on any atom is 0.407 e. The standard InChI is InChI=1S/C13H16F2N2O2/c14-13(15)6-7-16-8-11(13)17-12(18)19-9-10-4-2-1-3-5-10/h1-5,11,16H,6-9H2,(H,17,18)/t11-/m0/s1. The highest BCUT2D eigenvalue weighted by molar-refractivity contribution is 5.67. The lowest BCUT2D eigenvalue weighted by Gasteiger charge is -2.31. The van der Waals surface area contributed by atoms with Crippen LogP contribution in [0.1, 0.15) is 12.0 Å². The Kier molecular flexibility index (Phi) is 4.31. The minimum atomic E-state index is -2.89. The molecule has 0 saturated carbocycles. The van der Waals surface area contributed by atoms with E-state index >= 15 is 0 Å². The fourth-order valence-electron chi connectivity index (χ4n) is 1.89. The Balaban J connectivity index is 1.81. The van der Waals surface area contributed by atoms with Gasteiger partial charge in [0.25, 0.3) is 5.92 Å². The summed E-state index contributed by atoms with van der Waals surface area (Å²) >= 11 is 0. The first-order valence-corrected chi connectivity index (χ1v) is 6.14. The summed E-state index contributed by atoms with van der Waals surface area (Å²) < 4.78 is 31.9. The fraction of sp³-hybridized carbons (Fsp3) is 0.462. The Labute approximate surface area is 110 Å². The van der Waals surface area contributed by atoms with Crippen LogP contribution in [-0.4, -0.2) is 31.1 Å². The molecule has 2 rings (SSSR count). The molecule has 0 aliphatic carbocycles. The number of halogens is 2. The number of hydrogen-bond donors (Lipinski definition) is 2. The predicted octanol–water partition coefficient (Wildman–Crippen LogP) is 1.91. The monoisotopic (exact) mass is 270 g/mol. The van der Waals surface area contributed by atoms with Gasteiger partial charge in [0.05, 0.1) is 0 Å². The molecule has 1 heterocycles. The van der Waals surface area contributed by atoms with Gasteiger partial charge in [-0.25, -0.2) is 13.6 Å². The summed E-state index contributed by atoms with van der Waals surface area (Å²) in [6, 6.07) is 7.85. The molecule has 1 fully saturated rings. The zero-order valence-electron chi connectivity index (χ0n) is 10.4. The topological polar surface area (TPSA) is 50.4 Å². The molecule has 0 spiro atoms. The lowest BCUT2D eigenvalue weighted by molar-refractivity contribution is -0.0559. The molecule has 0 bridgehead atoms. The van der Waals surface area contributed by atoms with Crippen molar-refractivity contribution < 1.29 is 18.3 Å². The van der Waals surface area contributed by atoms with Crippen LogP contribution in [0.2, 0.25) is 0 Å². The maximum absolute atomic E-state index is 13.5. The molecule has 0 aromatic heterocycles. The molecule has 1 aromatic rings. The van der Waals surface area contributed by atoms with Crippen molar-refractivity contribution in [2.75, 3.05) is 13.1 Å². The molecule has 104 valence electrons. The molecule has 4 nitrogen and oxygen atoms in total. The summed E-state index contributed by atoms with van der Waals surface area (Å²) in [5.74, 6) is -2.89. The van der Waals surface area contributed by atoms with E-state index in [0.717, 1.165) is 5.56 Å². The lowest BCUT2D eigenvalue weighted by atomic mass is 10.0. The number of ether oxygens (including phenoxy) is 1. The van der Waals surface area contributed by atoms with Crippen LogP contribution in [0.4, 0.5) is 13.6 Å². The summed E-state index contributed by atoms with van der Waals surface area (Å²) in [7, 11) is 0. The SMILES string of the molecule is O=C(N[C@H]1CNCCC1(F)F)OCc1ccccc1. The highest BCUT2D eigenvalue weighted by atomic mass is 19.3. The van der Waals surface area contributed by atoms with Crippen molar-refractivity contribution >= 4 is 6.09 Å². The van der Waals surface area contributed by atoms with E-state index in [-0.39, 0.29) is 26.1 Å². The van der Waals surface area contributed by atoms with E-state index in [9.17, 15) is 13.6 Å². The molecule has 1 atom stereocenters. The number of alkyl halides is 2. The molecule has 19 heavy (non-hydrogen) atoms. The van der Waals surface area contributed by atoms with Crippen LogP contribution in [0.5, 0.6) is 0 Å². The first kappa shape index (κ1) is 13.7. The van der Waals surface area contributed by atoms with Crippen LogP contribution >= 0.6 is 0 Å². The van der Waals surface area contributed by atoms with Crippen molar-refractivity contribution in [2.45, 2.75) is 25.0 Å². The number of piperidine rings is 1. The number of rotatable bonds is 3. The van der Waals surface area contributed by atoms with E-state index in [1.165, 1.54) is 0 Å². The summed E-state index contributed by atoms with van der Waals surface area (Å²) in [6.07, 6.45) is -1.10. The molecule has 1 saturated heterocycles. The van der Waals surface area contributed by atoms with Gasteiger partial charge in [-0.2, -0.15) is 0 Å².